The highest BCUT2D eigenvalue weighted by molar-refractivity contribution is 5.33. The van der Waals surface area contributed by atoms with Gasteiger partial charge in [-0.2, -0.15) is 5.10 Å². The maximum Gasteiger partial charge on any atom is 0.217 e. The Kier molecular flexibility index (Phi) is 3.63. The van der Waals surface area contributed by atoms with Gasteiger partial charge in [0.25, 0.3) is 0 Å². The maximum atomic E-state index is 9.42. The van der Waals surface area contributed by atoms with Gasteiger partial charge >= 0.3 is 0 Å². The Bertz CT molecular complexity index is 362. The largest absolute Gasteiger partial charge is 0.481 e. The summed E-state index contributed by atoms with van der Waals surface area (Å²) in [5, 5.41) is 14.0. The molecule has 0 atom stereocenters. The number of ether oxygens (including phenoxy) is 1. The van der Waals surface area contributed by atoms with Crippen LogP contribution in [-0.2, 0) is 12.1 Å². The molecule has 0 spiro atoms. The lowest BCUT2D eigenvalue weighted by Crippen LogP contribution is -2.24. The quantitative estimate of drug-likeness (QED) is 0.860. The van der Waals surface area contributed by atoms with Gasteiger partial charge in [-0.15, -0.1) is 0 Å². The molecule has 1 N–H and O–H groups in total. The van der Waals surface area contributed by atoms with E-state index in [-0.39, 0.29) is 18.1 Å². The van der Waals surface area contributed by atoms with Crippen LogP contribution in [0.2, 0.25) is 0 Å². The summed E-state index contributed by atoms with van der Waals surface area (Å²) in [4.78, 5) is 0. The summed E-state index contributed by atoms with van der Waals surface area (Å²) < 4.78 is 7.21. The zero-order valence-electron chi connectivity index (χ0n) is 11.0. The average Bonchev–Trinajstić information content (AvgIpc) is 2.54. The Hall–Kier alpha value is -1.03. The lowest BCUT2D eigenvalue weighted by Gasteiger charge is -2.21. The van der Waals surface area contributed by atoms with E-state index >= 15 is 0 Å². The zero-order chi connectivity index (χ0) is 12.5. The molecule has 0 aliphatic rings. The van der Waals surface area contributed by atoms with E-state index in [1.165, 1.54) is 0 Å². The van der Waals surface area contributed by atoms with E-state index in [4.69, 9.17) is 4.74 Å². The molecule has 0 saturated carbocycles. The summed E-state index contributed by atoms with van der Waals surface area (Å²) in [6.07, 6.45) is 0. The van der Waals surface area contributed by atoms with Crippen molar-refractivity contribution in [1.29, 1.82) is 0 Å². The number of hydrogen-bond acceptors (Lipinski definition) is 3. The first kappa shape index (κ1) is 13.0. The molecule has 92 valence electrons. The number of aliphatic hydroxyl groups excluding tert-OH is 1. The van der Waals surface area contributed by atoms with E-state index in [0.29, 0.717) is 5.88 Å². The lowest BCUT2D eigenvalue weighted by molar-refractivity contribution is 0.255. The summed E-state index contributed by atoms with van der Waals surface area (Å²) in [7, 11) is 1.61. The first-order chi connectivity index (χ1) is 7.32. The van der Waals surface area contributed by atoms with Gasteiger partial charge in [-0.1, -0.05) is 13.8 Å². The van der Waals surface area contributed by atoms with E-state index in [1.807, 2.05) is 4.68 Å². The maximum absolute atomic E-state index is 9.42. The molecule has 1 heterocycles. The summed E-state index contributed by atoms with van der Waals surface area (Å²) in [6.45, 7) is 10.3. The van der Waals surface area contributed by atoms with E-state index in [1.54, 1.807) is 7.11 Å². The third-order valence-corrected chi connectivity index (χ3v) is 2.50. The minimum Gasteiger partial charge on any atom is -0.481 e. The second kappa shape index (κ2) is 4.45. The molecule has 0 aliphatic carbocycles. The predicted molar refractivity (Wildman–Crippen MR) is 63.8 cm³/mol. The van der Waals surface area contributed by atoms with Crippen LogP contribution in [0.3, 0.4) is 0 Å². The van der Waals surface area contributed by atoms with Crippen molar-refractivity contribution in [3.8, 4) is 5.88 Å². The van der Waals surface area contributed by atoms with Crippen molar-refractivity contribution in [2.75, 3.05) is 7.11 Å². The van der Waals surface area contributed by atoms with Crippen LogP contribution < -0.4 is 4.74 Å². The summed E-state index contributed by atoms with van der Waals surface area (Å²) >= 11 is 0. The fraction of sp³-hybridized carbons (Fsp3) is 0.750. The van der Waals surface area contributed by atoms with Gasteiger partial charge in [-0.05, 0) is 26.7 Å². The molecule has 0 amide bonds. The Morgan fingerprint density at radius 1 is 1.38 bits per heavy atom. The molecule has 0 radical (unpaired) electrons. The number of nitrogens with zero attached hydrogens (tertiary/aromatic N) is 2. The fourth-order valence-electron chi connectivity index (χ4n) is 1.73. The number of rotatable bonds is 3. The molecule has 16 heavy (non-hydrogen) atoms. The number of hydrogen-bond donors (Lipinski definition) is 1. The van der Waals surface area contributed by atoms with Gasteiger partial charge in [0.1, 0.15) is 0 Å². The second-order valence-electron chi connectivity index (χ2n) is 5.27. The van der Waals surface area contributed by atoms with Crippen molar-refractivity contribution < 1.29 is 9.84 Å². The molecule has 4 heteroatoms. The molecular formula is C12H22N2O2. The average molecular weight is 226 g/mol. The van der Waals surface area contributed by atoms with E-state index in [2.05, 4.69) is 39.7 Å². The standard InChI is InChI=1S/C12H22N2O2/c1-8(2)10-9(7-15)11(16-6)14(13-10)12(3,4)5/h8,15H,7H2,1-6H3. The van der Waals surface area contributed by atoms with Crippen molar-refractivity contribution in [1.82, 2.24) is 9.78 Å². The van der Waals surface area contributed by atoms with Gasteiger partial charge in [0, 0.05) is 0 Å². The molecule has 0 aromatic carbocycles. The first-order valence-corrected chi connectivity index (χ1v) is 5.60. The minimum atomic E-state index is -0.150. The molecular weight excluding hydrogens is 204 g/mol. The minimum absolute atomic E-state index is 0.0350. The molecule has 4 nitrogen and oxygen atoms in total. The highest BCUT2D eigenvalue weighted by atomic mass is 16.5. The number of aromatic nitrogens is 2. The highest BCUT2D eigenvalue weighted by Crippen LogP contribution is 2.31. The third kappa shape index (κ3) is 2.21. The van der Waals surface area contributed by atoms with Crippen molar-refractivity contribution in [2.45, 2.75) is 52.7 Å². The van der Waals surface area contributed by atoms with Gasteiger partial charge in [0.05, 0.1) is 30.5 Å². The smallest absolute Gasteiger partial charge is 0.217 e. The van der Waals surface area contributed by atoms with Crippen molar-refractivity contribution in [3.63, 3.8) is 0 Å². The summed E-state index contributed by atoms with van der Waals surface area (Å²) in [5.41, 5.74) is 1.56. The highest BCUT2D eigenvalue weighted by Gasteiger charge is 2.26. The van der Waals surface area contributed by atoms with Crippen molar-refractivity contribution >= 4 is 0 Å². The zero-order valence-corrected chi connectivity index (χ0v) is 11.0. The first-order valence-electron chi connectivity index (χ1n) is 5.60. The van der Waals surface area contributed by atoms with Crippen LogP contribution >= 0.6 is 0 Å². The van der Waals surface area contributed by atoms with Crippen LogP contribution in [0.1, 0.15) is 51.8 Å². The topological polar surface area (TPSA) is 47.3 Å². The van der Waals surface area contributed by atoms with Gasteiger partial charge < -0.3 is 9.84 Å². The number of methoxy groups -OCH3 is 1. The van der Waals surface area contributed by atoms with Gasteiger partial charge in [-0.25, -0.2) is 4.68 Å². The molecule has 0 bridgehead atoms. The Morgan fingerprint density at radius 2 is 1.94 bits per heavy atom. The number of aliphatic hydroxyl groups is 1. The SMILES string of the molecule is COc1c(CO)c(C(C)C)nn1C(C)(C)C. The van der Waals surface area contributed by atoms with E-state index in [0.717, 1.165) is 11.3 Å². The Labute approximate surface area is 97.2 Å². The second-order valence-corrected chi connectivity index (χ2v) is 5.27. The fourth-order valence-corrected chi connectivity index (χ4v) is 1.73. The van der Waals surface area contributed by atoms with E-state index < -0.39 is 0 Å². The van der Waals surface area contributed by atoms with E-state index in [9.17, 15) is 5.11 Å². The molecule has 1 rings (SSSR count). The van der Waals surface area contributed by atoms with Crippen LogP contribution in [0.4, 0.5) is 0 Å². The van der Waals surface area contributed by atoms with Gasteiger partial charge in [0.2, 0.25) is 5.88 Å². The molecule has 0 aliphatic heterocycles. The molecule has 0 unspecified atom stereocenters. The van der Waals surface area contributed by atoms with Crippen LogP contribution in [0.25, 0.3) is 0 Å². The monoisotopic (exact) mass is 226 g/mol. The molecule has 1 aromatic heterocycles. The Balaban J connectivity index is 3.41. The van der Waals surface area contributed by atoms with Crippen LogP contribution in [0.15, 0.2) is 0 Å². The van der Waals surface area contributed by atoms with Crippen LogP contribution in [0, 0.1) is 0 Å². The molecule has 0 saturated heterocycles. The van der Waals surface area contributed by atoms with Crippen LogP contribution in [-0.4, -0.2) is 22.0 Å². The lowest BCUT2D eigenvalue weighted by atomic mass is 10.1. The van der Waals surface area contributed by atoms with Crippen molar-refractivity contribution in [3.05, 3.63) is 11.3 Å². The van der Waals surface area contributed by atoms with Gasteiger partial charge in [0.15, 0.2) is 0 Å². The summed E-state index contributed by atoms with van der Waals surface area (Å²) in [5.74, 6) is 0.943. The van der Waals surface area contributed by atoms with Crippen LogP contribution in [0.5, 0.6) is 5.88 Å². The van der Waals surface area contributed by atoms with Gasteiger partial charge in [-0.3, -0.25) is 0 Å². The Morgan fingerprint density at radius 3 is 2.25 bits per heavy atom. The molecule has 1 aromatic rings. The summed E-state index contributed by atoms with van der Waals surface area (Å²) in [6, 6.07) is 0. The molecule has 0 fully saturated rings. The predicted octanol–water partition coefficient (Wildman–Crippen LogP) is 2.26. The van der Waals surface area contributed by atoms with Crippen molar-refractivity contribution in [2.24, 2.45) is 0 Å². The normalized spacial score (nSPS) is 12.2. The third-order valence-electron chi connectivity index (χ3n) is 2.50.